The van der Waals surface area contributed by atoms with E-state index in [0.29, 0.717) is 10.0 Å². The lowest BCUT2D eigenvalue weighted by molar-refractivity contribution is 0.0379. The first-order valence-electron chi connectivity index (χ1n) is 5.56. The van der Waals surface area contributed by atoms with E-state index in [4.69, 9.17) is 39.5 Å². The van der Waals surface area contributed by atoms with E-state index in [2.05, 4.69) is 4.90 Å². The molecule has 0 amide bonds. The van der Waals surface area contributed by atoms with Crippen LogP contribution in [0.15, 0.2) is 18.2 Å². The van der Waals surface area contributed by atoms with Crippen molar-refractivity contribution in [2.75, 3.05) is 32.8 Å². The summed E-state index contributed by atoms with van der Waals surface area (Å²) in [5.74, 6) is 0. The van der Waals surface area contributed by atoms with E-state index in [1.165, 1.54) is 0 Å². The van der Waals surface area contributed by atoms with E-state index in [1.807, 2.05) is 12.1 Å². The zero-order valence-corrected chi connectivity index (χ0v) is 11.6. The molecule has 0 aromatic heterocycles. The summed E-state index contributed by atoms with van der Waals surface area (Å²) in [5, 5.41) is 1.15. The van der Waals surface area contributed by atoms with Crippen LogP contribution < -0.4 is 0 Å². The van der Waals surface area contributed by atoms with Gasteiger partial charge in [-0.3, -0.25) is 4.90 Å². The van der Waals surface area contributed by atoms with Crippen molar-refractivity contribution < 1.29 is 4.74 Å². The van der Waals surface area contributed by atoms with Crippen molar-refractivity contribution in [3.63, 3.8) is 0 Å². The molecule has 5 heteroatoms. The maximum atomic E-state index is 6.39. The van der Waals surface area contributed by atoms with Gasteiger partial charge in [0.2, 0.25) is 0 Å². The fraction of sp³-hybridized carbons (Fsp3) is 0.500. The average molecular weight is 295 g/mol. The molecular formula is C12H14Cl3NO. The Kier molecular flexibility index (Phi) is 4.95. The highest BCUT2D eigenvalue weighted by atomic mass is 35.5. The first-order valence-corrected chi connectivity index (χ1v) is 6.75. The lowest BCUT2D eigenvalue weighted by Crippen LogP contribution is -2.38. The van der Waals surface area contributed by atoms with E-state index < -0.39 is 0 Å². The van der Waals surface area contributed by atoms with Gasteiger partial charge in [0.1, 0.15) is 0 Å². The van der Waals surface area contributed by atoms with Crippen molar-refractivity contribution >= 4 is 34.8 Å². The van der Waals surface area contributed by atoms with Gasteiger partial charge in [-0.2, -0.15) is 0 Å². The Balaban J connectivity index is 2.00. The number of nitrogens with zero attached hydrogens (tertiary/aromatic N) is 1. The van der Waals surface area contributed by atoms with E-state index in [-0.39, 0.29) is 5.38 Å². The Morgan fingerprint density at radius 3 is 2.59 bits per heavy atom. The number of ether oxygens (including phenoxy) is 1. The number of rotatable bonds is 3. The predicted octanol–water partition coefficient (Wildman–Crippen LogP) is 3.61. The third-order valence-corrected chi connectivity index (χ3v) is 3.76. The lowest BCUT2D eigenvalue weighted by Gasteiger charge is -2.28. The minimum atomic E-state index is -0.113. The zero-order chi connectivity index (χ0) is 12.3. The third kappa shape index (κ3) is 3.73. The lowest BCUT2D eigenvalue weighted by atomic mass is 10.1. The van der Waals surface area contributed by atoms with Gasteiger partial charge >= 0.3 is 0 Å². The van der Waals surface area contributed by atoms with Gasteiger partial charge in [0.15, 0.2) is 0 Å². The number of hydrogen-bond donors (Lipinski definition) is 0. The first-order chi connectivity index (χ1) is 8.16. The normalized spacial score (nSPS) is 19.2. The second-order valence-corrected chi connectivity index (χ2v) is 5.42. The molecule has 0 spiro atoms. The Morgan fingerprint density at radius 1 is 1.24 bits per heavy atom. The van der Waals surface area contributed by atoms with Gasteiger partial charge in [0.25, 0.3) is 0 Å². The highest BCUT2D eigenvalue weighted by Crippen LogP contribution is 2.30. The van der Waals surface area contributed by atoms with Crippen LogP contribution in [0, 0.1) is 0 Å². The molecule has 2 nitrogen and oxygen atoms in total. The third-order valence-electron chi connectivity index (χ3n) is 2.82. The molecule has 0 bridgehead atoms. The van der Waals surface area contributed by atoms with Crippen LogP contribution in [0.2, 0.25) is 10.0 Å². The smallest absolute Gasteiger partial charge is 0.0726 e. The van der Waals surface area contributed by atoms with Crippen LogP contribution in [0.5, 0.6) is 0 Å². The highest BCUT2D eigenvalue weighted by Gasteiger charge is 2.18. The van der Waals surface area contributed by atoms with E-state index in [9.17, 15) is 0 Å². The van der Waals surface area contributed by atoms with Crippen LogP contribution in [0.4, 0.5) is 0 Å². The summed E-state index contributed by atoms with van der Waals surface area (Å²) in [6, 6.07) is 5.44. The summed E-state index contributed by atoms with van der Waals surface area (Å²) < 4.78 is 5.30. The van der Waals surface area contributed by atoms with Crippen molar-refractivity contribution in [2.45, 2.75) is 5.38 Å². The quantitative estimate of drug-likeness (QED) is 0.790. The Morgan fingerprint density at radius 2 is 1.94 bits per heavy atom. The Labute approximate surface area is 116 Å². The van der Waals surface area contributed by atoms with Gasteiger partial charge < -0.3 is 4.74 Å². The second-order valence-electron chi connectivity index (χ2n) is 4.05. The van der Waals surface area contributed by atoms with Crippen molar-refractivity contribution in [3.05, 3.63) is 33.8 Å². The molecule has 1 aromatic rings. The predicted molar refractivity (Wildman–Crippen MR) is 72.3 cm³/mol. The van der Waals surface area contributed by atoms with E-state index in [0.717, 1.165) is 38.4 Å². The van der Waals surface area contributed by atoms with Gasteiger partial charge in [-0.25, -0.2) is 0 Å². The summed E-state index contributed by atoms with van der Waals surface area (Å²) in [6.45, 7) is 4.19. The largest absolute Gasteiger partial charge is 0.379 e. The standard InChI is InChI=1S/C12H14Cl3NO/c13-9-1-2-10(11(14)7-9)12(15)8-16-3-5-17-6-4-16/h1-2,7,12H,3-6,8H2. The maximum Gasteiger partial charge on any atom is 0.0726 e. The van der Waals surface area contributed by atoms with Crippen molar-refractivity contribution in [1.29, 1.82) is 0 Å². The summed E-state index contributed by atoms with van der Waals surface area (Å²) in [6.07, 6.45) is 0. The van der Waals surface area contributed by atoms with Crippen LogP contribution in [0.1, 0.15) is 10.9 Å². The molecule has 1 aliphatic heterocycles. The average Bonchev–Trinajstić information content (AvgIpc) is 2.30. The second kappa shape index (κ2) is 6.26. The fourth-order valence-electron chi connectivity index (χ4n) is 1.86. The SMILES string of the molecule is Clc1ccc(C(Cl)CN2CCOCC2)c(Cl)c1. The van der Waals surface area contributed by atoms with Crippen LogP contribution in [-0.4, -0.2) is 37.7 Å². The minimum Gasteiger partial charge on any atom is -0.379 e. The zero-order valence-electron chi connectivity index (χ0n) is 9.33. The van der Waals surface area contributed by atoms with Crippen LogP contribution >= 0.6 is 34.8 Å². The molecule has 1 atom stereocenters. The molecule has 1 saturated heterocycles. The van der Waals surface area contributed by atoms with Gasteiger partial charge in [-0.05, 0) is 17.7 Å². The summed E-state index contributed by atoms with van der Waals surface area (Å²) in [5.41, 5.74) is 0.934. The first kappa shape index (κ1) is 13.4. The molecule has 0 N–H and O–H groups in total. The molecular weight excluding hydrogens is 280 g/mol. The fourth-order valence-corrected chi connectivity index (χ4v) is 2.85. The molecule has 1 heterocycles. The summed E-state index contributed by atoms with van der Waals surface area (Å²) in [7, 11) is 0. The molecule has 1 fully saturated rings. The highest BCUT2D eigenvalue weighted by molar-refractivity contribution is 6.35. The van der Waals surface area contributed by atoms with Gasteiger partial charge in [0, 0.05) is 29.7 Å². The molecule has 1 unspecified atom stereocenters. The van der Waals surface area contributed by atoms with Crippen molar-refractivity contribution in [3.8, 4) is 0 Å². The maximum absolute atomic E-state index is 6.39. The minimum absolute atomic E-state index is 0.113. The number of hydrogen-bond acceptors (Lipinski definition) is 2. The van der Waals surface area contributed by atoms with Gasteiger partial charge in [-0.15, -0.1) is 11.6 Å². The van der Waals surface area contributed by atoms with Crippen LogP contribution in [-0.2, 0) is 4.74 Å². The number of benzene rings is 1. The van der Waals surface area contributed by atoms with Crippen LogP contribution in [0.3, 0.4) is 0 Å². The van der Waals surface area contributed by atoms with E-state index >= 15 is 0 Å². The Bertz CT molecular complexity index is 380. The molecule has 94 valence electrons. The van der Waals surface area contributed by atoms with Crippen molar-refractivity contribution in [1.82, 2.24) is 4.90 Å². The van der Waals surface area contributed by atoms with Gasteiger partial charge in [0.05, 0.1) is 18.6 Å². The number of halogens is 3. The summed E-state index contributed by atoms with van der Waals surface area (Å²) in [4.78, 5) is 2.28. The topological polar surface area (TPSA) is 12.5 Å². The number of morpholine rings is 1. The Hall–Kier alpha value is 0.01000. The number of alkyl halides is 1. The molecule has 2 rings (SSSR count). The summed E-state index contributed by atoms with van der Waals surface area (Å²) >= 11 is 18.4. The molecule has 1 aromatic carbocycles. The molecule has 1 aliphatic rings. The molecule has 17 heavy (non-hydrogen) atoms. The monoisotopic (exact) mass is 293 g/mol. The molecule has 0 aliphatic carbocycles. The van der Waals surface area contributed by atoms with Crippen molar-refractivity contribution in [2.24, 2.45) is 0 Å². The molecule has 0 saturated carbocycles. The van der Waals surface area contributed by atoms with E-state index in [1.54, 1.807) is 6.07 Å². The molecule has 0 radical (unpaired) electrons. The van der Waals surface area contributed by atoms with Gasteiger partial charge in [-0.1, -0.05) is 29.3 Å². The van der Waals surface area contributed by atoms with Crippen LogP contribution in [0.25, 0.3) is 0 Å².